The minimum atomic E-state index is 0.182. The molecule has 0 saturated heterocycles. The lowest BCUT2D eigenvalue weighted by atomic mass is 10.1. The van der Waals surface area contributed by atoms with Crippen LogP contribution in [-0.4, -0.2) is 5.11 Å². The summed E-state index contributed by atoms with van der Waals surface area (Å²) >= 11 is 8.77. The molecule has 1 aliphatic rings. The van der Waals surface area contributed by atoms with Gasteiger partial charge >= 0.3 is 0 Å². The molecule has 0 heterocycles. The van der Waals surface area contributed by atoms with Crippen molar-refractivity contribution in [3.63, 3.8) is 0 Å². The summed E-state index contributed by atoms with van der Waals surface area (Å²) in [6.45, 7) is 2.10. The number of hydrogen-bond donors (Lipinski definition) is 2. The van der Waals surface area contributed by atoms with Crippen LogP contribution in [0.5, 0.6) is 0 Å². The van der Waals surface area contributed by atoms with Crippen molar-refractivity contribution >= 4 is 33.3 Å². The number of hydrogen-bond acceptors (Lipinski definition) is 1. The first kappa shape index (κ1) is 14.3. The predicted octanol–water partition coefficient (Wildman–Crippen LogP) is 4.21. The van der Waals surface area contributed by atoms with Gasteiger partial charge in [-0.1, -0.05) is 40.2 Å². The summed E-state index contributed by atoms with van der Waals surface area (Å²) in [5.74, 6) is 0. The summed E-state index contributed by atoms with van der Waals surface area (Å²) in [7, 11) is 0. The number of halogens is 1. The Labute approximate surface area is 128 Å². The summed E-state index contributed by atoms with van der Waals surface area (Å²) in [6.07, 6.45) is 8.58. The molecule has 0 radical (unpaired) electrons. The highest BCUT2D eigenvalue weighted by molar-refractivity contribution is 9.10. The molecule has 1 aromatic carbocycles. The maximum absolute atomic E-state index is 5.33. The van der Waals surface area contributed by atoms with Crippen LogP contribution >= 0.6 is 28.1 Å². The van der Waals surface area contributed by atoms with Crippen molar-refractivity contribution in [1.29, 1.82) is 0 Å². The lowest BCUT2D eigenvalue weighted by Crippen LogP contribution is -2.36. The zero-order valence-corrected chi connectivity index (χ0v) is 13.2. The van der Waals surface area contributed by atoms with Crippen LogP contribution in [0.4, 0.5) is 0 Å². The van der Waals surface area contributed by atoms with Gasteiger partial charge in [0.05, 0.1) is 6.04 Å². The maximum atomic E-state index is 5.33. The summed E-state index contributed by atoms with van der Waals surface area (Å²) < 4.78 is 1.08. The molecule has 0 spiro atoms. The van der Waals surface area contributed by atoms with Crippen molar-refractivity contribution in [2.75, 3.05) is 0 Å². The van der Waals surface area contributed by atoms with Gasteiger partial charge in [0.25, 0.3) is 0 Å². The highest BCUT2D eigenvalue weighted by atomic mass is 79.9. The van der Waals surface area contributed by atoms with Gasteiger partial charge in [0.1, 0.15) is 0 Å². The molecular formula is C15H17BrN2S. The van der Waals surface area contributed by atoms with E-state index in [2.05, 4.69) is 63.8 Å². The standard InChI is InChI=1S/C15H17BrN2S/c1-11(12-7-9-13(16)10-8-12)17-15(19)18-14-5-3-2-4-6-14/h3,5-11H,2,4H2,1H3,(H2,17,18,19). The average molecular weight is 337 g/mol. The van der Waals surface area contributed by atoms with Crippen LogP contribution in [0.3, 0.4) is 0 Å². The average Bonchev–Trinajstić information content (AvgIpc) is 2.40. The molecule has 0 aromatic heterocycles. The first-order valence-corrected chi connectivity index (χ1v) is 7.55. The minimum absolute atomic E-state index is 0.182. The lowest BCUT2D eigenvalue weighted by Gasteiger charge is -2.18. The van der Waals surface area contributed by atoms with Crippen molar-refractivity contribution in [2.24, 2.45) is 0 Å². The normalized spacial score (nSPS) is 15.6. The van der Waals surface area contributed by atoms with E-state index in [0.717, 1.165) is 23.0 Å². The molecular weight excluding hydrogens is 320 g/mol. The van der Waals surface area contributed by atoms with Crippen molar-refractivity contribution in [3.05, 3.63) is 58.2 Å². The van der Waals surface area contributed by atoms with Crippen LogP contribution in [0.1, 0.15) is 31.4 Å². The van der Waals surface area contributed by atoms with E-state index in [1.165, 1.54) is 5.56 Å². The highest BCUT2D eigenvalue weighted by Gasteiger charge is 2.07. The first-order chi connectivity index (χ1) is 9.15. The third-order valence-electron chi connectivity index (χ3n) is 2.97. The van der Waals surface area contributed by atoms with Gasteiger partial charge in [-0.15, -0.1) is 0 Å². The second kappa shape index (κ2) is 6.87. The van der Waals surface area contributed by atoms with E-state index in [4.69, 9.17) is 12.2 Å². The zero-order valence-electron chi connectivity index (χ0n) is 10.8. The topological polar surface area (TPSA) is 24.1 Å². The fraction of sp³-hybridized carbons (Fsp3) is 0.267. The summed E-state index contributed by atoms with van der Waals surface area (Å²) in [5.41, 5.74) is 2.28. The van der Waals surface area contributed by atoms with Crippen molar-refractivity contribution in [3.8, 4) is 0 Å². The Morgan fingerprint density at radius 2 is 2.00 bits per heavy atom. The Morgan fingerprint density at radius 1 is 1.26 bits per heavy atom. The summed E-state index contributed by atoms with van der Waals surface area (Å²) in [5, 5.41) is 7.17. The molecule has 2 N–H and O–H groups in total. The van der Waals surface area contributed by atoms with E-state index < -0.39 is 0 Å². The Morgan fingerprint density at radius 3 is 2.63 bits per heavy atom. The monoisotopic (exact) mass is 336 g/mol. The largest absolute Gasteiger partial charge is 0.356 e. The molecule has 0 aliphatic heterocycles. The lowest BCUT2D eigenvalue weighted by molar-refractivity contribution is 0.710. The molecule has 1 unspecified atom stereocenters. The molecule has 1 atom stereocenters. The van der Waals surface area contributed by atoms with Crippen molar-refractivity contribution < 1.29 is 0 Å². The van der Waals surface area contributed by atoms with Gasteiger partial charge in [-0.2, -0.15) is 0 Å². The quantitative estimate of drug-likeness (QED) is 0.808. The van der Waals surface area contributed by atoms with Crippen LogP contribution in [0.15, 0.2) is 52.7 Å². The predicted molar refractivity (Wildman–Crippen MR) is 87.9 cm³/mol. The molecule has 100 valence electrons. The Bertz CT molecular complexity index is 505. The Hall–Kier alpha value is -1.13. The molecule has 0 bridgehead atoms. The van der Waals surface area contributed by atoms with Gasteiger partial charge < -0.3 is 10.6 Å². The van der Waals surface area contributed by atoms with Gasteiger partial charge in [-0.25, -0.2) is 0 Å². The number of benzene rings is 1. The van der Waals surface area contributed by atoms with Crippen LogP contribution in [-0.2, 0) is 0 Å². The molecule has 0 amide bonds. The van der Waals surface area contributed by atoms with Crippen LogP contribution in [0.25, 0.3) is 0 Å². The van der Waals surface area contributed by atoms with Crippen LogP contribution in [0.2, 0.25) is 0 Å². The molecule has 4 heteroatoms. The van der Waals surface area contributed by atoms with Gasteiger partial charge in [0, 0.05) is 10.2 Å². The SMILES string of the molecule is CC(NC(=S)NC1=CCCC=C1)c1ccc(Br)cc1. The third kappa shape index (κ3) is 4.48. The van der Waals surface area contributed by atoms with Crippen LogP contribution < -0.4 is 10.6 Å². The van der Waals surface area contributed by atoms with Gasteiger partial charge in [-0.3, -0.25) is 0 Å². The summed E-state index contributed by atoms with van der Waals surface area (Å²) in [4.78, 5) is 0. The second-order valence-electron chi connectivity index (χ2n) is 4.51. The second-order valence-corrected chi connectivity index (χ2v) is 5.83. The molecule has 2 nitrogen and oxygen atoms in total. The Balaban J connectivity index is 1.89. The maximum Gasteiger partial charge on any atom is 0.171 e. The van der Waals surface area contributed by atoms with E-state index in [0.29, 0.717) is 5.11 Å². The van der Waals surface area contributed by atoms with E-state index in [9.17, 15) is 0 Å². The van der Waals surface area contributed by atoms with Gasteiger partial charge in [-0.05, 0) is 55.8 Å². The van der Waals surface area contributed by atoms with E-state index in [1.807, 2.05) is 12.1 Å². The third-order valence-corrected chi connectivity index (χ3v) is 3.72. The molecule has 19 heavy (non-hydrogen) atoms. The van der Waals surface area contributed by atoms with Crippen LogP contribution in [0, 0.1) is 0 Å². The fourth-order valence-corrected chi connectivity index (χ4v) is 2.46. The molecule has 1 aromatic rings. The Kier molecular flexibility index (Phi) is 5.16. The number of thiocarbonyl (C=S) groups is 1. The fourth-order valence-electron chi connectivity index (χ4n) is 1.90. The molecule has 2 rings (SSSR count). The molecule has 0 fully saturated rings. The van der Waals surface area contributed by atoms with E-state index in [1.54, 1.807) is 0 Å². The smallest absolute Gasteiger partial charge is 0.171 e. The van der Waals surface area contributed by atoms with Crippen molar-refractivity contribution in [2.45, 2.75) is 25.8 Å². The number of allylic oxidation sites excluding steroid dienone is 3. The minimum Gasteiger partial charge on any atom is -0.356 e. The summed E-state index contributed by atoms with van der Waals surface area (Å²) in [6, 6.07) is 8.43. The van der Waals surface area contributed by atoms with E-state index >= 15 is 0 Å². The number of rotatable bonds is 3. The molecule has 1 aliphatic carbocycles. The van der Waals surface area contributed by atoms with Gasteiger partial charge in [0.15, 0.2) is 5.11 Å². The number of nitrogens with one attached hydrogen (secondary N) is 2. The van der Waals surface area contributed by atoms with Gasteiger partial charge in [0.2, 0.25) is 0 Å². The molecule has 0 saturated carbocycles. The zero-order chi connectivity index (χ0) is 13.7. The van der Waals surface area contributed by atoms with Crippen molar-refractivity contribution in [1.82, 2.24) is 10.6 Å². The highest BCUT2D eigenvalue weighted by Crippen LogP contribution is 2.16. The first-order valence-electron chi connectivity index (χ1n) is 6.35. The van der Waals surface area contributed by atoms with E-state index in [-0.39, 0.29) is 6.04 Å².